The summed E-state index contributed by atoms with van der Waals surface area (Å²) in [6.07, 6.45) is 3.20. The molecule has 0 saturated heterocycles. The normalized spacial score (nSPS) is 20.1. The zero-order chi connectivity index (χ0) is 13.9. The molecule has 1 aromatic rings. The number of amides is 1. The standard InChI is InChI=1S/C16H21NO2S/c1-12(19-11-13-7-8-13)16(18)17-9-4-10-20-15-6-3-2-5-14(15)17/h2-3,5-6,12-13H,4,7-11H2,1H3. The summed E-state index contributed by atoms with van der Waals surface area (Å²) in [4.78, 5) is 15.7. The molecule has 4 heteroatoms. The number of benzene rings is 1. The van der Waals surface area contributed by atoms with Crippen LogP contribution in [0.2, 0.25) is 0 Å². The fraction of sp³-hybridized carbons (Fsp3) is 0.562. The molecule has 1 aliphatic carbocycles. The number of rotatable bonds is 4. The molecule has 0 spiro atoms. The highest BCUT2D eigenvalue weighted by atomic mass is 32.2. The Morgan fingerprint density at radius 3 is 3.05 bits per heavy atom. The van der Waals surface area contributed by atoms with E-state index in [0.717, 1.165) is 31.0 Å². The van der Waals surface area contributed by atoms with Gasteiger partial charge in [0.05, 0.1) is 12.3 Å². The number of carbonyl (C=O) groups excluding carboxylic acids is 1. The number of fused-ring (bicyclic) bond motifs is 1. The Kier molecular flexibility index (Phi) is 4.32. The topological polar surface area (TPSA) is 29.5 Å². The molecule has 1 aromatic carbocycles. The maximum atomic E-state index is 12.6. The third kappa shape index (κ3) is 3.18. The van der Waals surface area contributed by atoms with Gasteiger partial charge < -0.3 is 9.64 Å². The van der Waals surface area contributed by atoms with Crippen LogP contribution >= 0.6 is 11.8 Å². The average molecular weight is 291 g/mol. The van der Waals surface area contributed by atoms with Crippen molar-refractivity contribution in [1.82, 2.24) is 0 Å². The Balaban J connectivity index is 1.72. The summed E-state index contributed by atoms with van der Waals surface area (Å²) in [5.41, 5.74) is 1.04. The van der Waals surface area contributed by atoms with Crippen LogP contribution in [0.15, 0.2) is 29.2 Å². The molecule has 0 N–H and O–H groups in total. The van der Waals surface area contributed by atoms with Crippen molar-refractivity contribution in [2.24, 2.45) is 5.92 Å². The summed E-state index contributed by atoms with van der Waals surface area (Å²) >= 11 is 1.84. The molecular weight excluding hydrogens is 270 g/mol. The van der Waals surface area contributed by atoms with Gasteiger partial charge in [-0.3, -0.25) is 4.79 Å². The smallest absolute Gasteiger partial charge is 0.255 e. The van der Waals surface area contributed by atoms with E-state index >= 15 is 0 Å². The zero-order valence-corrected chi connectivity index (χ0v) is 12.7. The molecule has 1 amide bonds. The molecule has 1 atom stereocenters. The van der Waals surface area contributed by atoms with Crippen molar-refractivity contribution in [3.63, 3.8) is 0 Å². The van der Waals surface area contributed by atoms with Crippen molar-refractivity contribution < 1.29 is 9.53 Å². The number of carbonyl (C=O) groups is 1. The third-order valence-electron chi connectivity index (χ3n) is 3.83. The maximum absolute atomic E-state index is 12.6. The molecule has 108 valence electrons. The van der Waals surface area contributed by atoms with Crippen LogP contribution in [0.25, 0.3) is 0 Å². The first-order valence-corrected chi connectivity index (χ1v) is 8.39. The number of para-hydroxylation sites is 1. The van der Waals surface area contributed by atoms with Crippen LogP contribution < -0.4 is 4.90 Å². The second-order valence-corrected chi connectivity index (χ2v) is 6.72. The van der Waals surface area contributed by atoms with E-state index in [2.05, 4.69) is 6.07 Å². The maximum Gasteiger partial charge on any atom is 0.255 e. The van der Waals surface area contributed by atoms with E-state index in [0.29, 0.717) is 5.92 Å². The van der Waals surface area contributed by atoms with E-state index in [1.807, 2.05) is 41.8 Å². The van der Waals surface area contributed by atoms with Crippen LogP contribution in [0.5, 0.6) is 0 Å². The minimum absolute atomic E-state index is 0.0978. The van der Waals surface area contributed by atoms with Crippen molar-refractivity contribution in [3.05, 3.63) is 24.3 Å². The van der Waals surface area contributed by atoms with E-state index in [-0.39, 0.29) is 12.0 Å². The van der Waals surface area contributed by atoms with Crippen molar-refractivity contribution in [3.8, 4) is 0 Å². The van der Waals surface area contributed by atoms with Gasteiger partial charge >= 0.3 is 0 Å². The van der Waals surface area contributed by atoms with Crippen molar-refractivity contribution in [2.45, 2.75) is 37.2 Å². The van der Waals surface area contributed by atoms with Gasteiger partial charge in [0.15, 0.2) is 0 Å². The SMILES string of the molecule is CC(OCC1CC1)C(=O)N1CCCSc2ccccc21. The Bertz CT molecular complexity index is 487. The van der Waals surface area contributed by atoms with Crippen LogP contribution in [-0.4, -0.2) is 30.9 Å². The molecule has 1 unspecified atom stereocenters. The van der Waals surface area contributed by atoms with E-state index in [9.17, 15) is 4.79 Å². The van der Waals surface area contributed by atoms with Crippen molar-refractivity contribution in [2.75, 3.05) is 23.8 Å². The summed E-state index contributed by atoms with van der Waals surface area (Å²) in [7, 11) is 0. The highest BCUT2D eigenvalue weighted by Gasteiger charge is 2.28. The second-order valence-electron chi connectivity index (χ2n) is 5.58. The molecular formula is C16H21NO2S. The number of hydrogen-bond acceptors (Lipinski definition) is 3. The van der Waals surface area contributed by atoms with E-state index < -0.39 is 0 Å². The van der Waals surface area contributed by atoms with E-state index in [1.165, 1.54) is 17.7 Å². The average Bonchev–Trinajstić information content (AvgIpc) is 3.30. The molecule has 20 heavy (non-hydrogen) atoms. The summed E-state index contributed by atoms with van der Waals surface area (Å²) in [5.74, 6) is 1.86. The van der Waals surface area contributed by atoms with Gasteiger partial charge in [-0.2, -0.15) is 0 Å². The van der Waals surface area contributed by atoms with Crippen LogP contribution in [0.1, 0.15) is 26.2 Å². The number of ether oxygens (including phenoxy) is 1. The largest absolute Gasteiger partial charge is 0.368 e. The van der Waals surface area contributed by atoms with Gasteiger partial charge in [0.2, 0.25) is 0 Å². The number of anilines is 1. The molecule has 2 aliphatic rings. The van der Waals surface area contributed by atoms with Gasteiger partial charge in [0, 0.05) is 11.4 Å². The molecule has 0 aromatic heterocycles. The first-order valence-electron chi connectivity index (χ1n) is 7.40. The van der Waals surface area contributed by atoms with E-state index in [1.54, 1.807) is 0 Å². The lowest BCUT2D eigenvalue weighted by Crippen LogP contribution is -2.40. The molecule has 1 saturated carbocycles. The molecule has 1 heterocycles. The van der Waals surface area contributed by atoms with Crippen molar-refractivity contribution >= 4 is 23.4 Å². The third-order valence-corrected chi connectivity index (χ3v) is 4.98. The Morgan fingerprint density at radius 2 is 2.25 bits per heavy atom. The van der Waals surface area contributed by atoms with Gasteiger partial charge in [0.25, 0.3) is 5.91 Å². The highest BCUT2D eigenvalue weighted by molar-refractivity contribution is 7.99. The second kappa shape index (κ2) is 6.19. The van der Waals surface area contributed by atoms with Gasteiger partial charge in [-0.25, -0.2) is 0 Å². The minimum atomic E-state index is -0.341. The minimum Gasteiger partial charge on any atom is -0.368 e. The Labute approximate surface area is 124 Å². The predicted molar refractivity (Wildman–Crippen MR) is 82.3 cm³/mol. The molecule has 3 nitrogen and oxygen atoms in total. The fourth-order valence-electron chi connectivity index (χ4n) is 2.41. The predicted octanol–water partition coefficient (Wildman–Crippen LogP) is 3.33. The molecule has 0 bridgehead atoms. The lowest BCUT2D eigenvalue weighted by molar-refractivity contribution is -0.129. The lowest BCUT2D eigenvalue weighted by Gasteiger charge is -2.25. The fourth-order valence-corrected chi connectivity index (χ4v) is 3.41. The van der Waals surface area contributed by atoms with E-state index in [4.69, 9.17) is 4.74 Å². The summed E-state index contributed by atoms with van der Waals surface area (Å²) in [6, 6.07) is 8.17. The Morgan fingerprint density at radius 1 is 1.45 bits per heavy atom. The zero-order valence-electron chi connectivity index (χ0n) is 11.9. The van der Waals surface area contributed by atoms with Gasteiger partial charge in [-0.05, 0) is 50.0 Å². The summed E-state index contributed by atoms with van der Waals surface area (Å²) in [5, 5.41) is 0. The highest BCUT2D eigenvalue weighted by Crippen LogP contribution is 2.34. The quantitative estimate of drug-likeness (QED) is 0.852. The monoisotopic (exact) mass is 291 g/mol. The number of hydrogen-bond donors (Lipinski definition) is 0. The van der Waals surface area contributed by atoms with Crippen molar-refractivity contribution in [1.29, 1.82) is 0 Å². The van der Waals surface area contributed by atoms with Gasteiger partial charge in [-0.1, -0.05) is 12.1 Å². The van der Waals surface area contributed by atoms with Crippen LogP contribution in [0.3, 0.4) is 0 Å². The molecule has 1 fully saturated rings. The summed E-state index contributed by atoms with van der Waals surface area (Å²) < 4.78 is 5.74. The molecule has 0 radical (unpaired) electrons. The lowest BCUT2D eigenvalue weighted by atomic mass is 10.2. The molecule has 3 rings (SSSR count). The van der Waals surface area contributed by atoms with Crippen LogP contribution in [0, 0.1) is 5.92 Å². The first kappa shape index (κ1) is 14.0. The molecule has 1 aliphatic heterocycles. The van der Waals surface area contributed by atoms with Crippen LogP contribution in [0.4, 0.5) is 5.69 Å². The van der Waals surface area contributed by atoms with Gasteiger partial charge in [-0.15, -0.1) is 11.8 Å². The first-order chi connectivity index (χ1) is 9.75. The van der Waals surface area contributed by atoms with Crippen LogP contribution in [-0.2, 0) is 9.53 Å². The van der Waals surface area contributed by atoms with Gasteiger partial charge in [0.1, 0.15) is 6.10 Å². The summed E-state index contributed by atoms with van der Waals surface area (Å²) in [6.45, 7) is 3.41. The number of thioether (sulfide) groups is 1. The Hall–Kier alpha value is -1.00. The number of nitrogens with zero attached hydrogens (tertiary/aromatic N) is 1.